The topological polar surface area (TPSA) is 99.2 Å². The largest absolute Gasteiger partial charge is 0.466 e. The van der Waals surface area contributed by atoms with E-state index >= 15 is 0 Å². The molecule has 0 unspecified atom stereocenters. The van der Waals surface area contributed by atoms with Crippen molar-refractivity contribution in [1.82, 2.24) is 4.90 Å². The zero-order valence-electron chi connectivity index (χ0n) is 23.1. The predicted octanol–water partition coefficient (Wildman–Crippen LogP) is 4.03. The van der Waals surface area contributed by atoms with Gasteiger partial charge in [0.05, 0.1) is 31.1 Å². The number of anilines is 2. The monoisotopic (exact) mass is 533 g/mol. The zero-order valence-corrected chi connectivity index (χ0v) is 23.1. The second-order valence-electron chi connectivity index (χ2n) is 10.1. The van der Waals surface area contributed by atoms with Crippen molar-refractivity contribution in [2.75, 3.05) is 36.5 Å². The Balaban J connectivity index is 1.71. The summed E-state index contributed by atoms with van der Waals surface area (Å²) in [6, 6.07) is 15.2. The van der Waals surface area contributed by atoms with Crippen LogP contribution in [0.1, 0.15) is 39.3 Å². The van der Waals surface area contributed by atoms with E-state index < -0.39 is 35.8 Å². The molecule has 8 heteroatoms. The zero-order chi connectivity index (χ0) is 28.1. The van der Waals surface area contributed by atoms with E-state index in [0.717, 1.165) is 24.3 Å². The standard InChI is InChI=1S/C31H39N3O5/c1-5-33(6-2)23-16-14-22(15-17-23)32-29(36)28-24-18-13-20(4)26(31(38)39-7-3)27(24)30(37)34(28)25(19-35)21-11-9-8-10-12-21/h8-18,20,24-28,35H,5-7,19H2,1-4H3,(H,32,36)/t20-,24+,25-,26-,27-,28+/m1/s1. The maximum absolute atomic E-state index is 14.1. The summed E-state index contributed by atoms with van der Waals surface area (Å²) in [4.78, 5) is 44.8. The van der Waals surface area contributed by atoms with Crippen LogP contribution in [0, 0.1) is 23.7 Å². The number of aliphatic hydroxyl groups excluding tert-OH is 1. The fourth-order valence-corrected chi connectivity index (χ4v) is 6.06. The van der Waals surface area contributed by atoms with Gasteiger partial charge in [0.15, 0.2) is 0 Å². The highest BCUT2D eigenvalue weighted by Crippen LogP contribution is 2.47. The average Bonchev–Trinajstić information content (AvgIpc) is 3.23. The molecule has 39 heavy (non-hydrogen) atoms. The number of nitrogens with zero attached hydrogens (tertiary/aromatic N) is 2. The number of allylic oxidation sites excluding steroid dienone is 1. The van der Waals surface area contributed by atoms with Gasteiger partial charge < -0.3 is 25.0 Å². The third-order valence-corrected chi connectivity index (χ3v) is 7.99. The van der Waals surface area contributed by atoms with Gasteiger partial charge in [-0.3, -0.25) is 14.4 Å². The van der Waals surface area contributed by atoms with Gasteiger partial charge in [-0.25, -0.2) is 0 Å². The highest BCUT2D eigenvalue weighted by atomic mass is 16.5. The van der Waals surface area contributed by atoms with Crippen molar-refractivity contribution in [3.63, 3.8) is 0 Å². The molecule has 1 fully saturated rings. The van der Waals surface area contributed by atoms with E-state index in [1.165, 1.54) is 4.90 Å². The number of benzene rings is 2. The lowest BCUT2D eigenvalue weighted by atomic mass is 9.70. The van der Waals surface area contributed by atoms with Crippen molar-refractivity contribution in [2.24, 2.45) is 23.7 Å². The third kappa shape index (κ3) is 5.57. The molecule has 4 rings (SSSR count). The summed E-state index contributed by atoms with van der Waals surface area (Å²) in [6.07, 6.45) is 3.78. The van der Waals surface area contributed by atoms with Gasteiger partial charge in [-0.15, -0.1) is 0 Å². The molecule has 2 aliphatic rings. The molecule has 2 aromatic rings. The van der Waals surface area contributed by atoms with Gasteiger partial charge in [0.25, 0.3) is 0 Å². The van der Waals surface area contributed by atoms with Crippen molar-refractivity contribution >= 4 is 29.2 Å². The molecule has 2 aromatic carbocycles. The summed E-state index contributed by atoms with van der Waals surface area (Å²) in [5, 5.41) is 13.5. The molecule has 8 nitrogen and oxygen atoms in total. The van der Waals surface area contributed by atoms with Crippen LogP contribution in [0.4, 0.5) is 11.4 Å². The summed E-state index contributed by atoms with van der Waals surface area (Å²) >= 11 is 0. The van der Waals surface area contributed by atoms with E-state index in [2.05, 4.69) is 24.1 Å². The van der Waals surface area contributed by atoms with Crippen LogP contribution in [0.3, 0.4) is 0 Å². The fourth-order valence-electron chi connectivity index (χ4n) is 6.06. The summed E-state index contributed by atoms with van der Waals surface area (Å²) in [5.41, 5.74) is 2.39. The van der Waals surface area contributed by atoms with Crippen LogP contribution in [0.25, 0.3) is 0 Å². The van der Waals surface area contributed by atoms with Crippen molar-refractivity contribution in [1.29, 1.82) is 0 Å². The van der Waals surface area contributed by atoms with E-state index in [0.29, 0.717) is 5.69 Å². The molecule has 1 aliphatic carbocycles. The molecule has 0 radical (unpaired) electrons. The maximum atomic E-state index is 14.1. The van der Waals surface area contributed by atoms with Gasteiger partial charge in [-0.2, -0.15) is 0 Å². The number of fused-ring (bicyclic) bond motifs is 1. The van der Waals surface area contributed by atoms with Crippen molar-refractivity contribution in [3.05, 3.63) is 72.3 Å². The van der Waals surface area contributed by atoms with Gasteiger partial charge >= 0.3 is 5.97 Å². The van der Waals surface area contributed by atoms with E-state index in [4.69, 9.17) is 4.74 Å². The number of rotatable bonds is 10. The first kappa shape index (κ1) is 28.4. The number of likely N-dealkylation sites (tertiary alicyclic amines) is 1. The minimum atomic E-state index is -0.914. The quantitative estimate of drug-likeness (QED) is 0.353. The third-order valence-electron chi connectivity index (χ3n) is 7.99. The van der Waals surface area contributed by atoms with E-state index in [-0.39, 0.29) is 30.9 Å². The Morgan fingerprint density at radius 3 is 2.28 bits per heavy atom. The van der Waals surface area contributed by atoms with Crippen molar-refractivity contribution < 1.29 is 24.2 Å². The SMILES string of the molecule is CCOC(=O)[C@H]1[C@@H]2C(=O)N([C@H](CO)c3ccccc3)[C@H](C(=O)Nc3ccc(N(CC)CC)cc3)[C@H]2C=C[C@H]1C. The molecule has 0 bridgehead atoms. The summed E-state index contributed by atoms with van der Waals surface area (Å²) < 4.78 is 5.36. The highest BCUT2D eigenvalue weighted by Gasteiger charge is 2.58. The van der Waals surface area contributed by atoms with E-state index in [1.54, 1.807) is 6.92 Å². The van der Waals surface area contributed by atoms with Crippen LogP contribution < -0.4 is 10.2 Å². The number of nitrogens with one attached hydrogen (secondary N) is 1. The first-order valence-electron chi connectivity index (χ1n) is 13.8. The number of hydrogen-bond acceptors (Lipinski definition) is 6. The number of esters is 1. The molecule has 2 N–H and O–H groups in total. The molecule has 6 atom stereocenters. The number of hydrogen-bond donors (Lipinski definition) is 2. The average molecular weight is 534 g/mol. The van der Waals surface area contributed by atoms with Gasteiger partial charge in [0.1, 0.15) is 6.04 Å². The summed E-state index contributed by atoms with van der Waals surface area (Å²) in [5.74, 6) is -3.37. The first-order chi connectivity index (χ1) is 18.9. The van der Waals surface area contributed by atoms with Crippen LogP contribution in [-0.2, 0) is 19.1 Å². The van der Waals surface area contributed by atoms with Gasteiger partial charge in [0, 0.05) is 30.4 Å². The van der Waals surface area contributed by atoms with E-state index in [9.17, 15) is 19.5 Å². The minimum Gasteiger partial charge on any atom is -0.466 e. The fraction of sp³-hybridized carbons (Fsp3) is 0.452. The first-order valence-corrected chi connectivity index (χ1v) is 13.8. The number of amides is 2. The maximum Gasteiger partial charge on any atom is 0.310 e. The van der Waals surface area contributed by atoms with Gasteiger partial charge in [0.2, 0.25) is 11.8 Å². The molecule has 0 aromatic heterocycles. The Morgan fingerprint density at radius 1 is 1.03 bits per heavy atom. The van der Waals surface area contributed by atoms with E-state index in [1.807, 2.05) is 73.7 Å². The van der Waals surface area contributed by atoms with Crippen LogP contribution in [0.5, 0.6) is 0 Å². The molecule has 1 saturated heterocycles. The Kier molecular flexibility index (Phi) is 9.07. The van der Waals surface area contributed by atoms with Crippen LogP contribution >= 0.6 is 0 Å². The molecular formula is C31H39N3O5. The number of carbonyl (C=O) groups is 3. The lowest BCUT2D eigenvalue weighted by Crippen LogP contribution is -2.46. The molecule has 1 heterocycles. The molecule has 1 aliphatic heterocycles. The van der Waals surface area contributed by atoms with Crippen LogP contribution in [0.2, 0.25) is 0 Å². The Morgan fingerprint density at radius 2 is 1.69 bits per heavy atom. The number of aliphatic hydroxyl groups is 1. The highest BCUT2D eigenvalue weighted by molar-refractivity contribution is 6.02. The molecule has 0 spiro atoms. The molecule has 0 saturated carbocycles. The lowest BCUT2D eigenvalue weighted by Gasteiger charge is -2.33. The smallest absolute Gasteiger partial charge is 0.310 e. The Hall–Kier alpha value is -3.65. The van der Waals surface area contributed by atoms with Crippen LogP contribution in [0.15, 0.2) is 66.7 Å². The van der Waals surface area contributed by atoms with Crippen LogP contribution in [-0.4, -0.2) is 60.1 Å². The Bertz CT molecular complexity index is 1180. The number of carbonyl (C=O) groups excluding carboxylic acids is 3. The number of ether oxygens (including phenoxy) is 1. The van der Waals surface area contributed by atoms with Crippen molar-refractivity contribution in [2.45, 2.75) is 39.8 Å². The second-order valence-corrected chi connectivity index (χ2v) is 10.1. The second kappa shape index (κ2) is 12.5. The lowest BCUT2D eigenvalue weighted by molar-refractivity contribution is -0.155. The summed E-state index contributed by atoms with van der Waals surface area (Å²) in [6.45, 7) is 9.40. The van der Waals surface area contributed by atoms with Crippen molar-refractivity contribution in [3.8, 4) is 0 Å². The van der Waals surface area contributed by atoms with Gasteiger partial charge in [-0.05, 0) is 56.5 Å². The van der Waals surface area contributed by atoms with Gasteiger partial charge in [-0.1, -0.05) is 49.4 Å². The summed E-state index contributed by atoms with van der Waals surface area (Å²) in [7, 11) is 0. The molecule has 2 amide bonds. The Labute approximate surface area is 230 Å². The predicted molar refractivity (Wildman–Crippen MR) is 151 cm³/mol. The molecule has 208 valence electrons. The normalized spacial score (nSPS) is 24.7. The minimum absolute atomic E-state index is 0.206. The molecular weight excluding hydrogens is 494 g/mol.